The zero-order valence-electron chi connectivity index (χ0n) is 14.8. The first-order valence-corrected chi connectivity index (χ1v) is 10.5. The van der Waals surface area contributed by atoms with Gasteiger partial charge in [-0.2, -0.15) is 13.2 Å². The van der Waals surface area contributed by atoms with E-state index in [9.17, 15) is 26.4 Å². The van der Waals surface area contributed by atoms with Gasteiger partial charge < -0.3 is 0 Å². The predicted molar refractivity (Wildman–Crippen MR) is 99.2 cm³/mol. The third-order valence-electron chi connectivity index (χ3n) is 5.13. The Hall–Kier alpha value is -2.55. The van der Waals surface area contributed by atoms with Gasteiger partial charge in [-0.1, -0.05) is 23.8 Å². The SMILES string of the molecule is Cc1ccc(N2C(=O)N(c3cccc(C(F)(F)F)c3)[C@H]3CS(=O)(=O)C[C@H]32)cc1. The van der Waals surface area contributed by atoms with Crippen molar-refractivity contribution in [3.05, 3.63) is 59.7 Å². The number of amides is 2. The molecule has 0 radical (unpaired) electrons. The lowest BCUT2D eigenvalue weighted by molar-refractivity contribution is -0.137. The summed E-state index contributed by atoms with van der Waals surface area (Å²) in [5.74, 6) is -0.491. The number of fused-ring (bicyclic) bond motifs is 1. The second-order valence-electron chi connectivity index (χ2n) is 7.12. The zero-order chi connectivity index (χ0) is 20.3. The van der Waals surface area contributed by atoms with Crippen LogP contribution < -0.4 is 9.80 Å². The van der Waals surface area contributed by atoms with Crippen LogP contribution in [0.3, 0.4) is 0 Å². The molecule has 0 N–H and O–H groups in total. The first kappa shape index (κ1) is 18.8. The number of hydrogen-bond acceptors (Lipinski definition) is 3. The summed E-state index contributed by atoms with van der Waals surface area (Å²) in [5, 5.41) is 0. The summed E-state index contributed by atoms with van der Waals surface area (Å²) in [6, 6.07) is 9.55. The summed E-state index contributed by atoms with van der Waals surface area (Å²) in [4.78, 5) is 15.7. The molecule has 2 aliphatic rings. The average Bonchev–Trinajstić information content (AvgIpc) is 3.04. The Bertz CT molecular complexity index is 1040. The highest BCUT2D eigenvalue weighted by atomic mass is 32.2. The molecular weight excluding hydrogens is 393 g/mol. The van der Waals surface area contributed by atoms with E-state index < -0.39 is 39.7 Å². The van der Waals surface area contributed by atoms with Gasteiger partial charge in [0.25, 0.3) is 0 Å². The third kappa shape index (κ3) is 3.13. The Labute approximate surface area is 160 Å². The van der Waals surface area contributed by atoms with Gasteiger partial charge in [0.15, 0.2) is 9.84 Å². The molecule has 2 aliphatic heterocycles. The maximum absolute atomic E-state index is 13.2. The molecule has 0 unspecified atom stereocenters. The number of hydrogen-bond donors (Lipinski definition) is 0. The molecule has 2 atom stereocenters. The van der Waals surface area contributed by atoms with Crippen molar-refractivity contribution in [1.82, 2.24) is 0 Å². The van der Waals surface area contributed by atoms with E-state index >= 15 is 0 Å². The number of urea groups is 1. The van der Waals surface area contributed by atoms with Crippen molar-refractivity contribution in [1.29, 1.82) is 0 Å². The molecule has 0 aliphatic carbocycles. The van der Waals surface area contributed by atoms with Gasteiger partial charge in [-0.25, -0.2) is 13.2 Å². The van der Waals surface area contributed by atoms with E-state index in [1.165, 1.54) is 21.9 Å². The van der Waals surface area contributed by atoms with Gasteiger partial charge in [-0.15, -0.1) is 0 Å². The monoisotopic (exact) mass is 410 g/mol. The highest BCUT2D eigenvalue weighted by molar-refractivity contribution is 7.91. The molecular formula is C19H17F3N2O3S. The molecule has 0 saturated carbocycles. The fourth-order valence-corrected chi connectivity index (χ4v) is 5.76. The van der Waals surface area contributed by atoms with Crippen molar-refractivity contribution in [2.75, 3.05) is 21.3 Å². The lowest BCUT2D eigenvalue weighted by atomic mass is 10.1. The van der Waals surface area contributed by atoms with Crippen LogP contribution in [0.15, 0.2) is 48.5 Å². The van der Waals surface area contributed by atoms with Crippen LogP contribution in [-0.2, 0) is 16.0 Å². The van der Waals surface area contributed by atoms with Crippen LogP contribution in [-0.4, -0.2) is 38.0 Å². The number of carbonyl (C=O) groups is 1. The molecule has 2 aromatic carbocycles. The van der Waals surface area contributed by atoms with Crippen LogP contribution in [0.1, 0.15) is 11.1 Å². The smallest absolute Gasteiger partial charge is 0.288 e. The van der Waals surface area contributed by atoms with Crippen molar-refractivity contribution in [2.24, 2.45) is 0 Å². The number of carbonyl (C=O) groups excluding carboxylic acids is 1. The largest absolute Gasteiger partial charge is 0.416 e. The van der Waals surface area contributed by atoms with Gasteiger partial charge in [0.05, 0.1) is 29.2 Å². The van der Waals surface area contributed by atoms with Crippen molar-refractivity contribution < 1.29 is 26.4 Å². The van der Waals surface area contributed by atoms with Gasteiger partial charge in [0.1, 0.15) is 0 Å². The van der Waals surface area contributed by atoms with E-state index in [-0.39, 0.29) is 17.2 Å². The van der Waals surface area contributed by atoms with E-state index in [0.29, 0.717) is 5.69 Å². The van der Waals surface area contributed by atoms with Crippen LogP contribution in [0.5, 0.6) is 0 Å². The Kier molecular flexibility index (Phi) is 4.18. The standard InChI is InChI=1S/C19H17F3N2O3S/c1-12-5-7-14(8-6-12)23-16-10-28(26,27)11-17(16)24(18(23)25)15-4-2-3-13(9-15)19(20,21)22/h2-9,16-17H,10-11H2,1H3/t16-,17+/m1/s1. The summed E-state index contributed by atoms with van der Waals surface area (Å²) >= 11 is 0. The second kappa shape index (κ2) is 6.23. The average molecular weight is 410 g/mol. The van der Waals surface area contributed by atoms with Crippen molar-refractivity contribution in [3.63, 3.8) is 0 Å². The van der Waals surface area contributed by atoms with E-state index in [4.69, 9.17) is 0 Å². The van der Waals surface area contributed by atoms with Gasteiger partial charge in [0.2, 0.25) is 0 Å². The molecule has 0 bridgehead atoms. The summed E-state index contributed by atoms with van der Waals surface area (Å²) in [5.41, 5.74) is 0.656. The molecule has 2 aromatic rings. The molecule has 2 saturated heterocycles. The van der Waals surface area contributed by atoms with E-state index in [2.05, 4.69) is 0 Å². The Morgan fingerprint density at radius 1 is 0.929 bits per heavy atom. The number of alkyl halides is 3. The number of rotatable bonds is 2. The molecule has 2 fully saturated rings. The van der Waals surface area contributed by atoms with Crippen LogP contribution in [0.4, 0.5) is 29.3 Å². The quantitative estimate of drug-likeness (QED) is 0.711. The number of sulfone groups is 1. The van der Waals surface area contributed by atoms with Crippen LogP contribution in [0, 0.1) is 6.92 Å². The number of anilines is 2. The number of halogens is 3. The first-order chi connectivity index (χ1) is 13.1. The summed E-state index contributed by atoms with van der Waals surface area (Å²) in [6.45, 7) is 1.88. The van der Waals surface area contributed by atoms with E-state index in [1.54, 1.807) is 24.3 Å². The maximum atomic E-state index is 13.2. The number of nitrogens with zero attached hydrogens (tertiary/aromatic N) is 2. The van der Waals surface area contributed by atoms with Gasteiger partial charge >= 0.3 is 12.2 Å². The van der Waals surface area contributed by atoms with Crippen molar-refractivity contribution in [2.45, 2.75) is 25.2 Å². The molecule has 0 spiro atoms. The van der Waals surface area contributed by atoms with Gasteiger partial charge in [-0.05, 0) is 37.3 Å². The molecule has 2 amide bonds. The lowest BCUT2D eigenvalue weighted by Crippen LogP contribution is -2.38. The minimum Gasteiger partial charge on any atom is -0.288 e. The zero-order valence-corrected chi connectivity index (χ0v) is 15.7. The third-order valence-corrected chi connectivity index (χ3v) is 6.83. The van der Waals surface area contributed by atoms with Crippen molar-refractivity contribution in [3.8, 4) is 0 Å². The summed E-state index contributed by atoms with van der Waals surface area (Å²) < 4.78 is 63.8. The number of benzene rings is 2. The minimum atomic E-state index is -4.56. The van der Waals surface area contributed by atoms with Crippen LogP contribution in [0.2, 0.25) is 0 Å². The Balaban J connectivity index is 1.80. The maximum Gasteiger partial charge on any atom is 0.416 e. The molecule has 148 valence electrons. The fraction of sp³-hybridized carbons (Fsp3) is 0.316. The molecule has 2 heterocycles. The molecule has 0 aromatic heterocycles. The predicted octanol–water partition coefficient (Wildman–Crippen LogP) is 3.63. The van der Waals surface area contributed by atoms with Crippen LogP contribution >= 0.6 is 0 Å². The van der Waals surface area contributed by atoms with Gasteiger partial charge in [-0.3, -0.25) is 9.80 Å². The fourth-order valence-electron chi connectivity index (χ4n) is 3.84. The normalized spacial score (nSPS) is 23.9. The molecule has 5 nitrogen and oxygen atoms in total. The minimum absolute atomic E-state index is 0.0431. The Morgan fingerprint density at radius 3 is 2.07 bits per heavy atom. The molecule has 9 heteroatoms. The highest BCUT2D eigenvalue weighted by Gasteiger charge is 2.54. The Morgan fingerprint density at radius 2 is 1.50 bits per heavy atom. The summed E-state index contributed by atoms with van der Waals surface area (Å²) in [7, 11) is -3.42. The van der Waals surface area contributed by atoms with Gasteiger partial charge in [0, 0.05) is 11.4 Å². The molecule has 28 heavy (non-hydrogen) atoms. The summed E-state index contributed by atoms with van der Waals surface area (Å²) in [6.07, 6.45) is -4.56. The first-order valence-electron chi connectivity index (χ1n) is 8.64. The highest BCUT2D eigenvalue weighted by Crippen LogP contribution is 2.39. The topological polar surface area (TPSA) is 57.7 Å². The van der Waals surface area contributed by atoms with Crippen molar-refractivity contribution >= 4 is 27.2 Å². The lowest BCUT2D eigenvalue weighted by Gasteiger charge is -2.23. The molecule has 4 rings (SSSR count). The van der Waals surface area contributed by atoms with Crippen LogP contribution in [0.25, 0.3) is 0 Å². The number of aryl methyl sites for hydroxylation is 1. The van der Waals surface area contributed by atoms with E-state index in [0.717, 1.165) is 17.7 Å². The van der Waals surface area contributed by atoms with E-state index in [1.807, 2.05) is 6.92 Å². The second-order valence-corrected chi connectivity index (χ2v) is 9.27.